The Kier molecular flexibility index (Phi) is 5.64. The highest BCUT2D eigenvalue weighted by Gasteiger charge is 2.68. The third-order valence-corrected chi connectivity index (χ3v) is 5.73. The highest BCUT2D eigenvalue weighted by Crippen LogP contribution is 2.45. The largest absolute Gasteiger partial charge is 0.425 e. The molecule has 34 heavy (non-hydrogen) atoms. The van der Waals surface area contributed by atoms with Crippen LogP contribution in [0.25, 0.3) is 0 Å². The first-order valence-corrected chi connectivity index (χ1v) is 10.2. The summed E-state index contributed by atoms with van der Waals surface area (Å²) in [7, 11) is 0. The second-order valence-electron chi connectivity index (χ2n) is 7.84. The summed E-state index contributed by atoms with van der Waals surface area (Å²) >= 11 is 0. The van der Waals surface area contributed by atoms with Gasteiger partial charge in [0.1, 0.15) is 11.4 Å². The molecule has 0 saturated carbocycles. The van der Waals surface area contributed by atoms with Crippen LogP contribution in [0, 0.1) is 6.92 Å². The number of nitrogens with zero attached hydrogens (tertiary/aromatic N) is 1. The second kappa shape index (κ2) is 8.32. The van der Waals surface area contributed by atoms with Gasteiger partial charge in [-0.1, -0.05) is 48.5 Å². The third kappa shape index (κ3) is 3.68. The molecule has 8 nitrogen and oxygen atoms in total. The number of benzene rings is 2. The van der Waals surface area contributed by atoms with E-state index in [0.29, 0.717) is 5.56 Å². The topological polar surface area (TPSA) is 113 Å². The van der Waals surface area contributed by atoms with Crippen LogP contribution in [-0.4, -0.2) is 27.5 Å². The second-order valence-corrected chi connectivity index (χ2v) is 7.84. The van der Waals surface area contributed by atoms with E-state index in [1.165, 1.54) is 25.1 Å². The van der Waals surface area contributed by atoms with Gasteiger partial charge in [0.15, 0.2) is 0 Å². The van der Waals surface area contributed by atoms with Crippen molar-refractivity contribution in [1.82, 2.24) is 14.9 Å². The number of hydrogen-bond acceptors (Lipinski definition) is 4. The zero-order chi connectivity index (χ0) is 24.7. The number of halogens is 3. The van der Waals surface area contributed by atoms with Crippen LogP contribution in [0.5, 0.6) is 0 Å². The van der Waals surface area contributed by atoms with Gasteiger partial charge < -0.3 is 10.6 Å². The number of amides is 2. The monoisotopic (exact) mass is 472 g/mol. The number of carbonyl (C=O) groups is 2. The van der Waals surface area contributed by atoms with E-state index in [1.54, 1.807) is 41.7 Å². The van der Waals surface area contributed by atoms with E-state index in [4.69, 9.17) is 0 Å². The molecule has 1 aliphatic heterocycles. The Labute approximate surface area is 190 Å². The molecule has 0 aliphatic carbocycles. The fraction of sp³-hybridized carbons (Fsp3) is 0.217. The van der Waals surface area contributed by atoms with E-state index in [9.17, 15) is 32.3 Å². The standard InChI is InChI=1S/C23H19F3N4O4/c1-13-7-5-6-10-15(13)18(31)29-22(23(24,25)26)16-17(27-20(22)33)30(21(34)28-19(16)32)12-11-14-8-3-2-4-9-14/h2-10H,11-12H2,1H3,(H,27,33)(H,29,31)(H,28,32,34)/t22-/m0/s1. The lowest BCUT2D eigenvalue weighted by molar-refractivity contribution is -0.196. The minimum atomic E-state index is -5.39. The van der Waals surface area contributed by atoms with E-state index in [2.05, 4.69) is 0 Å². The summed E-state index contributed by atoms with van der Waals surface area (Å²) in [6.45, 7) is 1.40. The Balaban J connectivity index is 1.85. The molecule has 0 spiro atoms. The zero-order valence-corrected chi connectivity index (χ0v) is 17.8. The highest BCUT2D eigenvalue weighted by molar-refractivity contribution is 6.09. The van der Waals surface area contributed by atoms with Crippen LogP contribution < -0.4 is 21.9 Å². The predicted molar refractivity (Wildman–Crippen MR) is 116 cm³/mol. The van der Waals surface area contributed by atoms with Gasteiger partial charge in [0.05, 0.1) is 0 Å². The van der Waals surface area contributed by atoms with Crippen LogP contribution >= 0.6 is 0 Å². The highest BCUT2D eigenvalue weighted by atomic mass is 19.4. The molecular formula is C23H19F3N4O4. The lowest BCUT2D eigenvalue weighted by Crippen LogP contribution is -2.62. The molecule has 1 aromatic heterocycles. The number of alkyl halides is 3. The first-order valence-electron chi connectivity index (χ1n) is 10.2. The van der Waals surface area contributed by atoms with E-state index in [-0.39, 0.29) is 18.5 Å². The van der Waals surface area contributed by atoms with Crippen molar-refractivity contribution in [3.05, 3.63) is 97.7 Å². The van der Waals surface area contributed by atoms with E-state index in [1.807, 2.05) is 10.3 Å². The summed E-state index contributed by atoms with van der Waals surface area (Å²) in [4.78, 5) is 52.6. The molecule has 0 unspecified atom stereocenters. The van der Waals surface area contributed by atoms with Gasteiger partial charge in [-0.25, -0.2) is 4.79 Å². The zero-order valence-electron chi connectivity index (χ0n) is 17.8. The maximum atomic E-state index is 14.5. The number of nitrogens with one attached hydrogen (secondary N) is 3. The Morgan fingerprint density at radius 1 is 1.03 bits per heavy atom. The Morgan fingerprint density at radius 3 is 2.32 bits per heavy atom. The smallest absolute Gasteiger partial charge is 0.326 e. The van der Waals surface area contributed by atoms with Gasteiger partial charge >= 0.3 is 11.9 Å². The van der Waals surface area contributed by atoms with Crippen molar-refractivity contribution in [2.24, 2.45) is 0 Å². The molecule has 1 aliphatic rings. The van der Waals surface area contributed by atoms with Gasteiger partial charge in [-0.15, -0.1) is 0 Å². The van der Waals surface area contributed by atoms with Crippen molar-refractivity contribution in [2.75, 3.05) is 5.32 Å². The van der Waals surface area contributed by atoms with Crippen molar-refractivity contribution < 1.29 is 22.8 Å². The third-order valence-electron chi connectivity index (χ3n) is 5.73. The maximum Gasteiger partial charge on any atom is 0.425 e. The Bertz CT molecular complexity index is 1400. The van der Waals surface area contributed by atoms with Gasteiger partial charge in [0, 0.05) is 12.1 Å². The number of hydrogen-bond donors (Lipinski definition) is 3. The van der Waals surface area contributed by atoms with Crippen LogP contribution in [0.1, 0.15) is 27.0 Å². The fourth-order valence-electron chi connectivity index (χ4n) is 3.99. The summed E-state index contributed by atoms with van der Waals surface area (Å²) in [6, 6.07) is 14.7. The number of H-pyrrole nitrogens is 1. The number of anilines is 1. The summed E-state index contributed by atoms with van der Waals surface area (Å²) in [6.07, 6.45) is -5.15. The average Bonchev–Trinajstić information content (AvgIpc) is 3.07. The van der Waals surface area contributed by atoms with Crippen molar-refractivity contribution in [3.8, 4) is 0 Å². The molecule has 2 heterocycles. The molecule has 3 aromatic rings. The molecule has 0 bridgehead atoms. The fourth-order valence-corrected chi connectivity index (χ4v) is 3.99. The summed E-state index contributed by atoms with van der Waals surface area (Å²) < 4.78 is 44.3. The van der Waals surface area contributed by atoms with Gasteiger partial charge in [0.25, 0.3) is 22.9 Å². The van der Waals surface area contributed by atoms with E-state index < -0.39 is 46.2 Å². The van der Waals surface area contributed by atoms with Crippen LogP contribution in [0.15, 0.2) is 64.2 Å². The number of aromatic amines is 1. The van der Waals surface area contributed by atoms with E-state index >= 15 is 0 Å². The molecule has 11 heteroatoms. The van der Waals surface area contributed by atoms with Gasteiger partial charge in [-0.3, -0.25) is 23.9 Å². The van der Waals surface area contributed by atoms with Crippen molar-refractivity contribution in [3.63, 3.8) is 0 Å². The normalized spacial score (nSPS) is 17.2. The van der Waals surface area contributed by atoms with E-state index in [0.717, 1.165) is 10.1 Å². The minimum Gasteiger partial charge on any atom is -0.326 e. The van der Waals surface area contributed by atoms with Gasteiger partial charge in [-0.2, -0.15) is 13.2 Å². The molecule has 0 saturated heterocycles. The molecule has 3 N–H and O–H groups in total. The summed E-state index contributed by atoms with van der Waals surface area (Å²) in [5.41, 5.74) is -6.11. The molecule has 2 amide bonds. The van der Waals surface area contributed by atoms with Crippen LogP contribution in [-0.2, 0) is 23.3 Å². The number of aromatic nitrogens is 2. The summed E-state index contributed by atoms with van der Waals surface area (Å²) in [5.74, 6) is -3.47. The molecule has 2 aromatic carbocycles. The lowest BCUT2D eigenvalue weighted by atomic mass is 9.91. The SMILES string of the molecule is Cc1ccccc1C(=O)N[C@]1(C(F)(F)F)C(=O)Nc2c1c(=O)[nH]c(=O)n2CCc1ccccc1. The number of rotatable bonds is 5. The Morgan fingerprint density at radius 2 is 1.68 bits per heavy atom. The van der Waals surface area contributed by atoms with Gasteiger partial charge in [0.2, 0.25) is 0 Å². The number of carbonyl (C=O) groups excluding carboxylic acids is 2. The average molecular weight is 472 g/mol. The Hall–Kier alpha value is -4.15. The van der Waals surface area contributed by atoms with Crippen LogP contribution in [0.2, 0.25) is 0 Å². The maximum absolute atomic E-state index is 14.5. The van der Waals surface area contributed by atoms with Crippen molar-refractivity contribution in [1.29, 1.82) is 0 Å². The van der Waals surface area contributed by atoms with Crippen molar-refractivity contribution >= 4 is 17.6 Å². The molecule has 0 fully saturated rings. The summed E-state index contributed by atoms with van der Waals surface area (Å²) in [5, 5.41) is 3.77. The van der Waals surface area contributed by atoms with Crippen molar-refractivity contribution in [2.45, 2.75) is 31.6 Å². The quantitative estimate of drug-likeness (QED) is 0.529. The van der Waals surface area contributed by atoms with Crippen LogP contribution in [0.4, 0.5) is 19.0 Å². The van der Waals surface area contributed by atoms with Crippen LogP contribution in [0.3, 0.4) is 0 Å². The molecular weight excluding hydrogens is 453 g/mol. The first kappa shape index (κ1) is 23.0. The molecule has 176 valence electrons. The number of aryl methyl sites for hydroxylation is 2. The number of fused-ring (bicyclic) bond motifs is 1. The molecule has 0 radical (unpaired) electrons. The predicted octanol–water partition coefficient (Wildman–Crippen LogP) is 2.23. The first-order chi connectivity index (χ1) is 16.1. The lowest BCUT2D eigenvalue weighted by Gasteiger charge is -2.30. The van der Waals surface area contributed by atoms with Gasteiger partial charge in [-0.05, 0) is 30.5 Å². The molecule has 1 atom stereocenters. The molecule has 4 rings (SSSR count). The minimum absolute atomic E-state index is 0.0961.